The van der Waals surface area contributed by atoms with Crippen LogP contribution in [0.4, 0.5) is 4.39 Å². The highest BCUT2D eigenvalue weighted by Gasteiger charge is 2.16. The number of nitrogens with one attached hydrogen (secondary N) is 1. The molecule has 2 nitrogen and oxygen atoms in total. The zero-order valence-corrected chi connectivity index (χ0v) is 11.9. The second-order valence-electron chi connectivity index (χ2n) is 4.79. The average molecular weight is 286 g/mol. The SMILES string of the molecule is Cc1ccc(C(NN)c2cccc3ccsc23)cc1F. The van der Waals surface area contributed by atoms with Crippen LogP contribution in [0.15, 0.2) is 47.8 Å². The predicted molar refractivity (Wildman–Crippen MR) is 82.1 cm³/mol. The number of fused-ring (bicyclic) bond motifs is 1. The van der Waals surface area contributed by atoms with Crippen molar-refractivity contribution in [3.63, 3.8) is 0 Å². The van der Waals surface area contributed by atoms with Gasteiger partial charge in [0.2, 0.25) is 0 Å². The predicted octanol–water partition coefficient (Wildman–Crippen LogP) is 3.90. The minimum atomic E-state index is -0.215. The maximum absolute atomic E-state index is 13.8. The van der Waals surface area contributed by atoms with Gasteiger partial charge < -0.3 is 0 Å². The van der Waals surface area contributed by atoms with Gasteiger partial charge in [0.1, 0.15) is 5.82 Å². The van der Waals surface area contributed by atoms with Gasteiger partial charge in [0.05, 0.1) is 6.04 Å². The Morgan fingerprint density at radius 1 is 1.20 bits per heavy atom. The van der Waals surface area contributed by atoms with Crippen LogP contribution in [0.3, 0.4) is 0 Å². The first-order valence-corrected chi connectivity index (χ1v) is 7.27. The molecule has 0 saturated heterocycles. The van der Waals surface area contributed by atoms with Crippen molar-refractivity contribution in [3.05, 3.63) is 70.4 Å². The van der Waals surface area contributed by atoms with E-state index in [2.05, 4.69) is 22.9 Å². The summed E-state index contributed by atoms with van der Waals surface area (Å²) in [5, 5.41) is 3.23. The van der Waals surface area contributed by atoms with E-state index in [-0.39, 0.29) is 11.9 Å². The van der Waals surface area contributed by atoms with Crippen LogP contribution in [0.1, 0.15) is 22.7 Å². The molecule has 3 N–H and O–H groups in total. The van der Waals surface area contributed by atoms with Crippen molar-refractivity contribution in [2.24, 2.45) is 5.84 Å². The Bertz CT molecular complexity index is 751. The molecule has 0 aliphatic heterocycles. The van der Waals surface area contributed by atoms with Crippen molar-refractivity contribution in [1.29, 1.82) is 0 Å². The van der Waals surface area contributed by atoms with Gasteiger partial charge in [-0.1, -0.05) is 30.3 Å². The Hall–Kier alpha value is -1.75. The Balaban J connectivity index is 2.13. The molecule has 1 heterocycles. The molecular weight excluding hydrogens is 271 g/mol. The summed E-state index contributed by atoms with van der Waals surface area (Å²) in [5.41, 5.74) is 5.34. The lowest BCUT2D eigenvalue weighted by Gasteiger charge is -2.18. The fourth-order valence-corrected chi connectivity index (χ4v) is 3.34. The molecule has 20 heavy (non-hydrogen) atoms. The van der Waals surface area contributed by atoms with Crippen molar-refractivity contribution in [2.75, 3.05) is 0 Å². The molecule has 0 aliphatic carbocycles. The highest BCUT2D eigenvalue weighted by Crippen LogP contribution is 2.32. The van der Waals surface area contributed by atoms with Crippen LogP contribution in [0.5, 0.6) is 0 Å². The molecule has 3 rings (SSSR count). The zero-order valence-electron chi connectivity index (χ0n) is 11.1. The monoisotopic (exact) mass is 286 g/mol. The molecule has 1 atom stereocenters. The molecule has 0 amide bonds. The van der Waals surface area contributed by atoms with Crippen LogP contribution >= 0.6 is 11.3 Å². The normalized spacial score (nSPS) is 12.8. The minimum absolute atomic E-state index is 0.207. The van der Waals surface area contributed by atoms with E-state index in [1.54, 1.807) is 30.4 Å². The highest BCUT2D eigenvalue weighted by molar-refractivity contribution is 7.17. The molecule has 0 spiro atoms. The number of hydrogen-bond donors (Lipinski definition) is 2. The summed E-state index contributed by atoms with van der Waals surface area (Å²) in [6, 6.07) is 13.2. The summed E-state index contributed by atoms with van der Waals surface area (Å²) in [6.07, 6.45) is 0. The molecule has 0 aliphatic rings. The maximum atomic E-state index is 13.8. The lowest BCUT2D eigenvalue weighted by atomic mass is 9.97. The summed E-state index contributed by atoms with van der Waals surface area (Å²) < 4.78 is 15.0. The Morgan fingerprint density at radius 2 is 2.05 bits per heavy atom. The van der Waals surface area contributed by atoms with Gasteiger partial charge in [0.25, 0.3) is 0 Å². The number of hydrazine groups is 1. The van der Waals surface area contributed by atoms with Crippen LogP contribution < -0.4 is 11.3 Å². The molecule has 0 fully saturated rings. The van der Waals surface area contributed by atoms with E-state index >= 15 is 0 Å². The minimum Gasteiger partial charge on any atom is -0.271 e. The summed E-state index contributed by atoms with van der Waals surface area (Å²) in [4.78, 5) is 0. The second kappa shape index (κ2) is 5.32. The number of nitrogens with two attached hydrogens (primary N) is 1. The summed E-state index contributed by atoms with van der Waals surface area (Å²) in [5.74, 6) is 5.51. The zero-order chi connectivity index (χ0) is 14.1. The molecule has 4 heteroatoms. The van der Waals surface area contributed by atoms with E-state index in [4.69, 9.17) is 5.84 Å². The molecule has 102 valence electrons. The van der Waals surface area contributed by atoms with Crippen LogP contribution in [-0.4, -0.2) is 0 Å². The fourth-order valence-electron chi connectivity index (χ4n) is 2.40. The maximum Gasteiger partial charge on any atom is 0.126 e. The number of aryl methyl sites for hydroxylation is 1. The summed E-state index contributed by atoms with van der Waals surface area (Å²) >= 11 is 1.67. The average Bonchev–Trinajstić information content (AvgIpc) is 2.93. The standard InChI is InChI=1S/C16H15FN2S/c1-10-5-6-12(9-14(10)17)15(19-18)13-4-2-3-11-7-8-20-16(11)13/h2-9,15,19H,18H2,1H3. The number of hydrogen-bond acceptors (Lipinski definition) is 3. The number of rotatable bonds is 3. The third-order valence-corrected chi connectivity index (χ3v) is 4.50. The molecule has 0 radical (unpaired) electrons. The highest BCUT2D eigenvalue weighted by atomic mass is 32.1. The van der Waals surface area contributed by atoms with Crippen molar-refractivity contribution in [1.82, 2.24) is 5.43 Å². The number of benzene rings is 2. The van der Waals surface area contributed by atoms with Gasteiger partial charge in [0, 0.05) is 4.70 Å². The first-order valence-electron chi connectivity index (χ1n) is 6.39. The fraction of sp³-hybridized carbons (Fsp3) is 0.125. The second-order valence-corrected chi connectivity index (χ2v) is 5.71. The molecule has 2 aromatic carbocycles. The number of thiophene rings is 1. The largest absolute Gasteiger partial charge is 0.271 e. The van der Waals surface area contributed by atoms with Crippen molar-refractivity contribution >= 4 is 21.4 Å². The Labute approximate surface area is 121 Å². The van der Waals surface area contributed by atoms with E-state index < -0.39 is 0 Å². The summed E-state index contributed by atoms with van der Waals surface area (Å²) in [7, 11) is 0. The molecular formula is C16H15FN2S. The van der Waals surface area contributed by atoms with Gasteiger partial charge in [-0.05, 0) is 46.5 Å². The lowest BCUT2D eigenvalue weighted by Crippen LogP contribution is -2.29. The van der Waals surface area contributed by atoms with E-state index in [1.807, 2.05) is 18.2 Å². The van der Waals surface area contributed by atoms with Crippen LogP contribution in [0.25, 0.3) is 10.1 Å². The van der Waals surface area contributed by atoms with Crippen LogP contribution in [0.2, 0.25) is 0 Å². The van der Waals surface area contributed by atoms with Gasteiger partial charge in [-0.2, -0.15) is 0 Å². The third kappa shape index (κ3) is 2.22. The van der Waals surface area contributed by atoms with Crippen molar-refractivity contribution in [2.45, 2.75) is 13.0 Å². The summed E-state index contributed by atoms with van der Waals surface area (Å²) in [6.45, 7) is 1.75. The van der Waals surface area contributed by atoms with Crippen LogP contribution in [0, 0.1) is 12.7 Å². The van der Waals surface area contributed by atoms with E-state index in [9.17, 15) is 4.39 Å². The first kappa shape index (κ1) is 13.2. The number of halogens is 1. The van der Waals surface area contributed by atoms with Gasteiger partial charge >= 0.3 is 0 Å². The van der Waals surface area contributed by atoms with Gasteiger partial charge in [0.15, 0.2) is 0 Å². The van der Waals surface area contributed by atoms with Crippen molar-refractivity contribution < 1.29 is 4.39 Å². The molecule has 0 saturated carbocycles. The van der Waals surface area contributed by atoms with E-state index in [1.165, 1.54) is 10.1 Å². The van der Waals surface area contributed by atoms with E-state index in [0.29, 0.717) is 5.56 Å². The quantitative estimate of drug-likeness (QED) is 0.566. The van der Waals surface area contributed by atoms with Crippen LogP contribution in [-0.2, 0) is 0 Å². The smallest absolute Gasteiger partial charge is 0.126 e. The molecule has 0 bridgehead atoms. The molecule has 1 aromatic heterocycles. The third-order valence-electron chi connectivity index (χ3n) is 3.52. The van der Waals surface area contributed by atoms with Gasteiger partial charge in [-0.25, -0.2) is 9.82 Å². The first-order chi connectivity index (χ1) is 9.70. The van der Waals surface area contributed by atoms with Gasteiger partial charge in [-0.3, -0.25) is 5.84 Å². The Kier molecular flexibility index (Phi) is 3.53. The molecule has 1 unspecified atom stereocenters. The molecule has 3 aromatic rings. The van der Waals surface area contributed by atoms with Gasteiger partial charge in [-0.15, -0.1) is 11.3 Å². The lowest BCUT2D eigenvalue weighted by molar-refractivity contribution is 0.600. The van der Waals surface area contributed by atoms with E-state index in [0.717, 1.165) is 11.1 Å². The topological polar surface area (TPSA) is 38.0 Å². The van der Waals surface area contributed by atoms with Crippen molar-refractivity contribution in [3.8, 4) is 0 Å². The Morgan fingerprint density at radius 3 is 2.80 bits per heavy atom.